The van der Waals surface area contributed by atoms with Crippen molar-refractivity contribution >= 4 is 11.3 Å². The molecule has 1 atom stereocenters. The van der Waals surface area contributed by atoms with Gasteiger partial charge in [-0.2, -0.15) is 11.3 Å². The van der Waals surface area contributed by atoms with Crippen molar-refractivity contribution in [1.82, 2.24) is 0 Å². The zero-order chi connectivity index (χ0) is 11.5. The Morgan fingerprint density at radius 1 is 1.31 bits per heavy atom. The van der Waals surface area contributed by atoms with E-state index >= 15 is 0 Å². The molecule has 0 amide bonds. The molecule has 16 heavy (non-hydrogen) atoms. The lowest BCUT2D eigenvalue weighted by atomic mass is 9.99. The Morgan fingerprint density at radius 3 is 2.75 bits per heavy atom. The van der Waals surface area contributed by atoms with Crippen molar-refractivity contribution < 1.29 is 4.74 Å². The summed E-state index contributed by atoms with van der Waals surface area (Å²) >= 11 is 1.66. The van der Waals surface area contributed by atoms with E-state index in [-0.39, 0.29) is 6.04 Å². The first-order valence-corrected chi connectivity index (χ1v) is 6.09. The molecular weight excluding hydrogens is 218 g/mol. The highest BCUT2D eigenvalue weighted by molar-refractivity contribution is 7.08. The Bertz CT molecular complexity index is 465. The van der Waals surface area contributed by atoms with Crippen molar-refractivity contribution in [1.29, 1.82) is 0 Å². The van der Waals surface area contributed by atoms with Crippen molar-refractivity contribution in [2.24, 2.45) is 5.73 Å². The molecule has 2 rings (SSSR count). The summed E-state index contributed by atoms with van der Waals surface area (Å²) in [6, 6.07) is 8.03. The van der Waals surface area contributed by atoms with E-state index in [1.54, 1.807) is 18.4 Å². The van der Waals surface area contributed by atoms with Crippen LogP contribution in [0.4, 0.5) is 0 Å². The highest BCUT2D eigenvalue weighted by Crippen LogP contribution is 2.29. The third-order valence-electron chi connectivity index (χ3n) is 2.62. The third-order valence-corrected chi connectivity index (χ3v) is 3.32. The topological polar surface area (TPSA) is 35.2 Å². The van der Waals surface area contributed by atoms with E-state index < -0.39 is 0 Å². The van der Waals surface area contributed by atoms with Crippen molar-refractivity contribution in [3.05, 3.63) is 51.7 Å². The van der Waals surface area contributed by atoms with Crippen LogP contribution in [-0.4, -0.2) is 7.11 Å². The Balaban J connectivity index is 2.42. The molecule has 0 saturated carbocycles. The van der Waals surface area contributed by atoms with Crippen molar-refractivity contribution in [3.8, 4) is 5.75 Å². The summed E-state index contributed by atoms with van der Waals surface area (Å²) in [5.74, 6) is 0.851. The number of nitrogens with two attached hydrogens (primary N) is 1. The Kier molecular flexibility index (Phi) is 3.27. The molecule has 1 aromatic carbocycles. The molecule has 0 aliphatic heterocycles. The van der Waals surface area contributed by atoms with Gasteiger partial charge < -0.3 is 10.5 Å². The van der Waals surface area contributed by atoms with Gasteiger partial charge in [-0.05, 0) is 35.4 Å². The van der Waals surface area contributed by atoms with Crippen LogP contribution in [0.2, 0.25) is 0 Å². The van der Waals surface area contributed by atoms with E-state index in [4.69, 9.17) is 10.5 Å². The van der Waals surface area contributed by atoms with Crippen LogP contribution >= 0.6 is 11.3 Å². The SMILES string of the molecule is COc1ccc(C)cc1C(N)c1ccsc1. The number of thiophene rings is 1. The fourth-order valence-electron chi connectivity index (χ4n) is 1.73. The Labute approximate surface area is 99.7 Å². The third kappa shape index (κ3) is 2.10. The quantitative estimate of drug-likeness (QED) is 0.884. The van der Waals surface area contributed by atoms with Crippen LogP contribution in [-0.2, 0) is 0 Å². The first-order valence-electron chi connectivity index (χ1n) is 5.14. The summed E-state index contributed by atoms with van der Waals surface area (Å²) in [5, 5.41) is 4.11. The maximum atomic E-state index is 6.23. The van der Waals surface area contributed by atoms with Gasteiger partial charge in [0.1, 0.15) is 5.75 Å². The molecular formula is C13H15NOS. The molecule has 2 N–H and O–H groups in total. The largest absolute Gasteiger partial charge is 0.496 e. The molecule has 0 aliphatic carbocycles. The summed E-state index contributed by atoms with van der Waals surface area (Å²) in [7, 11) is 1.68. The lowest BCUT2D eigenvalue weighted by molar-refractivity contribution is 0.408. The van der Waals surface area contributed by atoms with Gasteiger partial charge in [0.15, 0.2) is 0 Å². The highest BCUT2D eigenvalue weighted by atomic mass is 32.1. The van der Waals surface area contributed by atoms with Gasteiger partial charge in [-0.15, -0.1) is 0 Å². The highest BCUT2D eigenvalue weighted by Gasteiger charge is 2.14. The summed E-state index contributed by atoms with van der Waals surface area (Å²) in [5.41, 5.74) is 9.60. The Hall–Kier alpha value is -1.32. The Morgan fingerprint density at radius 2 is 2.12 bits per heavy atom. The number of methoxy groups -OCH3 is 1. The lowest BCUT2D eigenvalue weighted by Gasteiger charge is -2.15. The molecule has 0 fully saturated rings. The molecule has 1 aromatic heterocycles. The summed E-state index contributed by atoms with van der Waals surface area (Å²) < 4.78 is 5.34. The second-order valence-electron chi connectivity index (χ2n) is 3.78. The van der Waals surface area contributed by atoms with Gasteiger partial charge in [0.25, 0.3) is 0 Å². The van der Waals surface area contributed by atoms with Crippen LogP contribution in [0.15, 0.2) is 35.0 Å². The normalized spacial score (nSPS) is 12.4. The minimum atomic E-state index is -0.110. The van der Waals surface area contributed by atoms with Crippen molar-refractivity contribution in [3.63, 3.8) is 0 Å². The van der Waals surface area contributed by atoms with Crippen LogP contribution < -0.4 is 10.5 Å². The van der Waals surface area contributed by atoms with Crippen LogP contribution in [0.3, 0.4) is 0 Å². The summed E-state index contributed by atoms with van der Waals surface area (Å²) in [6.07, 6.45) is 0. The average molecular weight is 233 g/mol. The predicted octanol–water partition coefficient (Wildman–Crippen LogP) is 3.11. The van der Waals surface area contributed by atoms with E-state index in [1.165, 1.54) is 5.56 Å². The number of ether oxygens (including phenoxy) is 1. The first-order chi connectivity index (χ1) is 7.72. The van der Waals surface area contributed by atoms with Crippen molar-refractivity contribution in [2.45, 2.75) is 13.0 Å². The molecule has 3 heteroatoms. The second kappa shape index (κ2) is 4.68. The molecule has 0 aliphatic rings. The van der Waals surface area contributed by atoms with Gasteiger partial charge in [-0.1, -0.05) is 17.7 Å². The molecule has 0 bridgehead atoms. The fourth-order valence-corrected chi connectivity index (χ4v) is 2.42. The molecule has 2 nitrogen and oxygen atoms in total. The zero-order valence-corrected chi connectivity index (χ0v) is 10.3. The smallest absolute Gasteiger partial charge is 0.123 e. The molecule has 84 valence electrons. The molecule has 1 heterocycles. The van der Waals surface area contributed by atoms with Gasteiger partial charge in [-0.3, -0.25) is 0 Å². The van der Waals surface area contributed by atoms with Crippen LogP contribution in [0, 0.1) is 6.92 Å². The van der Waals surface area contributed by atoms with E-state index in [2.05, 4.69) is 24.4 Å². The van der Waals surface area contributed by atoms with E-state index in [0.29, 0.717) is 0 Å². The number of hydrogen-bond donors (Lipinski definition) is 1. The number of benzene rings is 1. The average Bonchev–Trinajstić information content (AvgIpc) is 2.81. The summed E-state index contributed by atoms with van der Waals surface area (Å²) in [6.45, 7) is 2.06. The van der Waals surface area contributed by atoms with Crippen LogP contribution in [0.25, 0.3) is 0 Å². The van der Waals surface area contributed by atoms with Crippen LogP contribution in [0.1, 0.15) is 22.7 Å². The van der Waals surface area contributed by atoms with Gasteiger partial charge in [-0.25, -0.2) is 0 Å². The van der Waals surface area contributed by atoms with Gasteiger partial charge in [0, 0.05) is 5.56 Å². The second-order valence-corrected chi connectivity index (χ2v) is 4.56. The molecule has 2 aromatic rings. The lowest BCUT2D eigenvalue weighted by Crippen LogP contribution is -2.12. The first kappa shape index (κ1) is 11.2. The van der Waals surface area contributed by atoms with E-state index in [1.807, 2.05) is 17.5 Å². The molecule has 0 radical (unpaired) electrons. The predicted molar refractivity (Wildman–Crippen MR) is 68.1 cm³/mol. The fraction of sp³-hybridized carbons (Fsp3) is 0.231. The minimum absolute atomic E-state index is 0.110. The van der Waals surface area contributed by atoms with Crippen molar-refractivity contribution in [2.75, 3.05) is 7.11 Å². The zero-order valence-electron chi connectivity index (χ0n) is 9.44. The number of rotatable bonds is 3. The molecule has 0 saturated heterocycles. The minimum Gasteiger partial charge on any atom is -0.496 e. The van der Waals surface area contributed by atoms with E-state index in [0.717, 1.165) is 16.9 Å². The van der Waals surface area contributed by atoms with Gasteiger partial charge in [0.05, 0.1) is 13.2 Å². The molecule has 0 spiro atoms. The van der Waals surface area contributed by atoms with E-state index in [9.17, 15) is 0 Å². The standard InChI is InChI=1S/C13H15NOS/c1-9-3-4-12(15-2)11(7-9)13(14)10-5-6-16-8-10/h3-8,13H,14H2,1-2H3. The summed E-state index contributed by atoms with van der Waals surface area (Å²) in [4.78, 5) is 0. The van der Waals surface area contributed by atoms with Crippen LogP contribution in [0.5, 0.6) is 5.75 Å². The molecule has 1 unspecified atom stereocenters. The number of hydrogen-bond acceptors (Lipinski definition) is 3. The maximum absolute atomic E-state index is 6.23. The van der Waals surface area contributed by atoms with Gasteiger partial charge in [0.2, 0.25) is 0 Å². The maximum Gasteiger partial charge on any atom is 0.123 e. The number of aryl methyl sites for hydroxylation is 1. The van der Waals surface area contributed by atoms with Gasteiger partial charge >= 0.3 is 0 Å². The monoisotopic (exact) mass is 233 g/mol.